The van der Waals surface area contributed by atoms with Crippen molar-refractivity contribution >= 4 is 11.9 Å². The van der Waals surface area contributed by atoms with E-state index in [1.165, 1.54) is 0 Å². The van der Waals surface area contributed by atoms with E-state index in [0.29, 0.717) is 12.4 Å². The number of carbonyl (C=O) groups excluding carboxylic acids is 1. The molecule has 0 bridgehead atoms. The maximum absolute atomic E-state index is 12.1. The van der Waals surface area contributed by atoms with Crippen LogP contribution in [0.15, 0.2) is 35.3 Å². The van der Waals surface area contributed by atoms with Crippen LogP contribution in [0.3, 0.4) is 0 Å². The summed E-state index contributed by atoms with van der Waals surface area (Å²) in [5, 5.41) is 0. The van der Waals surface area contributed by atoms with Gasteiger partial charge in [0.25, 0.3) is 0 Å². The van der Waals surface area contributed by atoms with Crippen LogP contribution < -0.4 is 5.73 Å². The van der Waals surface area contributed by atoms with Gasteiger partial charge in [-0.25, -0.2) is 4.79 Å². The molecule has 0 radical (unpaired) electrons. The van der Waals surface area contributed by atoms with Gasteiger partial charge in [-0.2, -0.15) is 4.99 Å². The third-order valence-electron chi connectivity index (χ3n) is 4.28. The van der Waals surface area contributed by atoms with E-state index in [9.17, 15) is 4.79 Å². The second-order valence-electron chi connectivity index (χ2n) is 5.31. The Morgan fingerprint density at radius 2 is 2.00 bits per heavy atom. The maximum Gasteiger partial charge on any atom is 0.346 e. The summed E-state index contributed by atoms with van der Waals surface area (Å²) < 4.78 is 0. The van der Waals surface area contributed by atoms with E-state index in [4.69, 9.17) is 5.73 Å². The average molecular weight is 259 g/mol. The topological polar surface area (TPSA) is 58.7 Å². The van der Waals surface area contributed by atoms with Crippen LogP contribution >= 0.6 is 0 Å². The van der Waals surface area contributed by atoms with E-state index < -0.39 is 5.54 Å². The van der Waals surface area contributed by atoms with Gasteiger partial charge in [0.05, 0.1) is 0 Å². The molecular formula is C15H21N3O. The molecule has 1 aliphatic rings. The number of urea groups is 1. The largest absolute Gasteiger partial charge is 0.385 e. The van der Waals surface area contributed by atoms with E-state index in [-0.39, 0.29) is 11.9 Å². The Morgan fingerprint density at radius 1 is 1.37 bits per heavy atom. The molecule has 0 aromatic heterocycles. The second-order valence-corrected chi connectivity index (χ2v) is 5.31. The van der Waals surface area contributed by atoms with Crippen LogP contribution in [-0.4, -0.2) is 22.3 Å². The average Bonchev–Trinajstić information content (AvgIpc) is 2.63. The monoisotopic (exact) mass is 259 g/mol. The van der Waals surface area contributed by atoms with Crippen molar-refractivity contribution in [3.63, 3.8) is 0 Å². The second kappa shape index (κ2) is 5.03. The van der Waals surface area contributed by atoms with Crippen molar-refractivity contribution in [1.82, 2.24) is 4.90 Å². The van der Waals surface area contributed by atoms with Crippen LogP contribution in [-0.2, 0) is 6.54 Å². The van der Waals surface area contributed by atoms with Crippen molar-refractivity contribution in [2.75, 3.05) is 0 Å². The molecule has 102 valence electrons. The predicted octanol–water partition coefficient (Wildman–Crippen LogP) is 2.78. The maximum atomic E-state index is 12.1. The molecule has 2 atom stereocenters. The summed E-state index contributed by atoms with van der Waals surface area (Å²) in [6.45, 7) is 6.77. The summed E-state index contributed by atoms with van der Waals surface area (Å²) in [6.07, 6.45) is 0.950. The van der Waals surface area contributed by atoms with Crippen LogP contribution in [0.25, 0.3) is 0 Å². The zero-order valence-electron chi connectivity index (χ0n) is 11.8. The van der Waals surface area contributed by atoms with Gasteiger partial charge < -0.3 is 10.6 Å². The third kappa shape index (κ3) is 2.23. The number of nitrogens with two attached hydrogens (primary N) is 1. The van der Waals surface area contributed by atoms with Gasteiger partial charge in [-0.3, -0.25) is 0 Å². The first kappa shape index (κ1) is 13.6. The minimum atomic E-state index is -0.484. The normalized spacial score (nSPS) is 24.5. The fourth-order valence-electron chi connectivity index (χ4n) is 2.53. The Balaban J connectivity index is 2.30. The highest BCUT2D eigenvalue weighted by Gasteiger charge is 2.47. The molecule has 2 N–H and O–H groups in total. The predicted molar refractivity (Wildman–Crippen MR) is 76.9 cm³/mol. The number of benzene rings is 1. The molecule has 1 aromatic rings. The molecule has 1 aliphatic heterocycles. The lowest BCUT2D eigenvalue weighted by molar-refractivity contribution is 0.139. The van der Waals surface area contributed by atoms with Gasteiger partial charge in [-0.05, 0) is 18.4 Å². The number of amides is 2. The van der Waals surface area contributed by atoms with E-state index in [1.54, 1.807) is 4.90 Å². The Labute approximate surface area is 114 Å². The SMILES string of the molecule is CCC(C)C1(C)C(N)=NC(=O)N1Cc1ccccc1. The van der Waals surface area contributed by atoms with Gasteiger partial charge in [0.15, 0.2) is 0 Å². The number of nitrogens with zero attached hydrogens (tertiary/aromatic N) is 2. The summed E-state index contributed by atoms with van der Waals surface area (Å²) in [5.74, 6) is 0.703. The lowest BCUT2D eigenvalue weighted by Crippen LogP contribution is -2.55. The summed E-state index contributed by atoms with van der Waals surface area (Å²) >= 11 is 0. The van der Waals surface area contributed by atoms with Gasteiger partial charge >= 0.3 is 6.03 Å². The molecule has 0 spiro atoms. The van der Waals surface area contributed by atoms with E-state index >= 15 is 0 Å². The highest BCUT2D eigenvalue weighted by molar-refractivity contribution is 6.05. The highest BCUT2D eigenvalue weighted by atomic mass is 16.2. The number of carbonyl (C=O) groups is 1. The molecule has 1 heterocycles. The lowest BCUT2D eigenvalue weighted by atomic mass is 9.83. The zero-order valence-corrected chi connectivity index (χ0v) is 11.8. The molecule has 0 saturated heterocycles. The Bertz CT molecular complexity index is 497. The molecule has 1 aromatic carbocycles. The minimum absolute atomic E-state index is 0.232. The standard InChI is InChI=1S/C15H21N3O/c1-4-11(2)15(3)13(16)17-14(19)18(15)10-12-8-6-5-7-9-12/h5-9,11H,4,10H2,1-3H3,(H2,16,17,19). The number of hydrogen-bond acceptors (Lipinski definition) is 2. The summed E-state index contributed by atoms with van der Waals surface area (Å²) in [6, 6.07) is 9.71. The van der Waals surface area contributed by atoms with Gasteiger partial charge in [-0.1, -0.05) is 50.6 Å². The van der Waals surface area contributed by atoms with Crippen LogP contribution in [0.5, 0.6) is 0 Å². The van der Waals surface area contributed by atoms with Crippen LogP contribution in [0.2, 0.25) is 0 Å². The quantitative estimate of drug-likeness (QED) is 0.903. The van der Waals surface area contributed by atoms with Crippen molar-refractivity contribution in [2.45, 2.75) is 39.3 Å². The van der Waals surface area contributed by atoms with Gasteiger partial charge in [0.2, 0.25) is 0 Å². The Hall–Kier alpha value is -1.84. The van der Waals surface area contributed by atoms with Crippen LogP contribution in [0.1, 0.15) is 32.8 Å². The van der Waals surface area contributed by atoms with Crippen LogP contribution in [0.4, 0.5) is 4.79 Å². The number of aliphatic imine (C=N–C) groups is 1. The third-order valence-corrected chi connectivity index (χ3v) is 4.28. The summed E-state index contributed by atoms with van der Waals surface area (Å²) in [7, 11) is 0. The molecule has 4 nitrogen and oxygen atoms in total. The molecule has 0 aliphatic carbocycles. The smallest absolute Gasteiger partial charge is 0.346 e. The Kier molecular flexibility index (Phi) is 3.60. The van der Waals surface area contributed by atoms with Crippen molar-refractivity contribution < 1.29 is 4.79 Å². The lowest BCUT2D eigenvalue weighted by Gasteiger charge is -2.39. The van der Waals surface area contributed by atoms with Crippen molar-refractivity contribution in [3.05, 3.63) is 35.9 Å². The van der Waals surface area contributed by atoms with E-state index in [2.05, 4.69) is 18.8 Å². The molecule has 2 amide bonds. The zero-order chi connectivity index (χ0) is 14.0. The Morgan fingerprint density at radius 3 is 2.58 bits per heavy atom. The molecular weight excluding hydrogens is 238 g/mol. The molecule has 0 saturated carbocycles. The molecule has 19 heavy (non-hydrogen) atoms. The van der Waals surface area contributed by atoms with Gasteiger partial charge in [0.1, 0.15) is 11.4 Å². The summed E-state index contributed by atoms with van der Waals surface area (Å²) in [4.78, 5) is 17.8. The van der Waals surface area contributed by atoms with Crippen molar-refractivity contribution in [3.8, 4) is 0 Å². The molecule has 4 heteroatoms. The highest BCUT2D eigenvalue weighted by Crippen LogP contribution is 2.33. The number of rotatable bonds is 4. The van der Waals surface area contributed by atoms with E-state index in [1.807, 2.05) is 37.3 Å². The summed E-state index contributed by atoms with van der Waals surface area (Å²) in [5.41, 5.74) is 6.62. The van der Waals surface area contributed by atoms with Gasteiger partial charge in [0, 0.05) is 6.54 Å². The molecule has 0 fully saturated rings. The van der Waals surface area contributed by atoms with E-state index in [0.717, 1.165) is 12.0 Å². The van der Waals surface area contributed by atoms with Crippen molar-refractivity contribution in [1.29, 1.82) is 0 Å². The first-order chi connectivity index (χ1) is 9.00. The molecule has 2 unspecified atom stereocenters. The van der Waals surface area contributed by atoms with Gasteiger partial charge in [-0.15, -0.1) is 0 Å². The first-order valence-corrected chi connectivity index (χ1v) is 6.70. The number of amidine groups is 1. The van der Waals surface area contributed by atoms with Crippen molar-refractivity contribution in [2.24, 2.45) is 16.6 Å². The number of hydrogen-bond donors (Lipinski definition) is 1. The fraction of sp³-hybridized carbons (Fsp3) is 0.467. The van der Waals surface area contributed by atoms with Crippen LogP contribution in [0, 0.1) is 5.92 Å². The fourth-order valence-corrected chi connectivity index (χ4v) is 2.53. The molecule has 2 rings (SSSR count). The first-order valence-electron chi connectivity index (χ1n) is 6.70. The minimum Gasteiger partial charge on any atom is -0.385 e.